The molecular formula is C8H6N6. The van der Waals surface area contributed by atoms with Crippen molar-refractivity contribution in [3.8, 4) is 11.9 Å². The first kappa shape index (κ1) is 8.19. The average molecular weight is 186 g/mol. The van der Waals surface area contributed by atoms with Gasteiger partial charge in [-0.25, -0.2) is 9.97 Å². The lowest BCUT2D eigenvalue weighted by atomic mass is 10.4. The predicted molar refractivity (Wildman–Crippen MR) is 48.3 cm³/mol. The molecule has 0 spiro atoms. The normalized spacial score (nSPS) is 9.64. The summed E-state index contributed by atoms with van der Waals surface area (Å²) in [5.74, 6) is 0.566. The fourth-order valence-corrected chi connectivity index (χ4v) is 1.02. The van der Waals surface area contributed by atoms with Crippen LogP contribution in [0.4, 0.5) is 5.69 Å². The van der Waals surface area contributed by atoms with Crippen molar-refractivity contribution in [2.45, 2.75) is 0 Å². The quantitative estimate of drug-likeness (QED) is 0.682. The van der Waals surface area contributed by atoms with Crippen LogP contribution in [0.15, 0.2) is 24.7 Å². The highest BCUT2D eigenvalue weighted by Gasteiger charge is 2.05. The molecule has 6 nitrogen and oxygen atoms in total. The number of nitrogen functional groups attached to an aromatic ring is 1. The monoisotopic (exact) mass is 186 g/mol. The van der Waals surface area contributed by atoms with Crippen LogP contribution < -0.4 is 5.73 Å². The summed E-state index contributed by atoms with van der Waals surface area (Å²) in [6.45, 7) is 0. The van der Waals surface area contributed by atoms with Crippen LogP contribution in [0.5, 0.6) is 0 Å². The van der Waals surface area contributed by atoms with Crippen molar-refractivity contribution < 1.29 is 0 Å². The Kier molecular flexibility index (Phi) is 1.84. The molecule has 0 saturated heterocycles. The maximum Gasteiger partial charge on any atom is 0.252 e. The predicted octanol–water partition coefficient (Wildman–Crippen LogP) is 0.116. The minimum atomic E-state index is 0.0926. The maximum absolute atomic E-state index is 8.53. The summed E-state index contributed by atoms with van der Waals surface area (Å²) in [5.41, 5.74) is 6.16. The number of rotatable bonds is 1. The molecule has 6 heteroatoms. The summed E-state index contributed by atoms with van der Waals surface area (Å²) < 4.78 is 1.37. The number of aromatic nitrogens is 4. The fourth-order valence-electron chi connectivity index (χ4n) is 1.02. The Morgan fingerprint density at radius 1 is 1.43 bits per heavy atom. The number of nitrogens with zero attached hydrogens (tertiary/aromatic N) is 5. The lowest BCUT2D eigenvalue weighted by Crippen LogP contribution is -2.02. The second-order valence-corrected chi connectivity index (χ2v) is 2.54. The van der Waals surface area contributed by atoms with Crippen molar-refractivity contribution in [3.05, 3.63) is 30.5 Å². The van der Waals surface area contributed by atoms with Gasteiger partial charge in [0.1, 0.15) is 12.4 Å². The van der Waals surface area contributed by atoms with Gasteiger partial charge in [0.25, 0.3) is 5.82 Å². The fraction of sp³-hybridized carbons (Fsp3) is 0. The SMILES string of the molecule is N#Cc1ncn(-c2ncccc2N)n1. The number of hydrogen-bond donors (Lipinski definition) is 1. The van der Waals surface area contributed by atoms with Crippen molar-refractivity contribution in [2.75, 3.05) is 5.73 Å². The highest BCUT2D eigenvalue weighted by molar-refractivity contribution is 5.51. The molecule has 68 valence electrons. The molecule has 2 aromatic rings. The highest BCUT2D eigenvalue weighted by atomic mass is 15.4. The van der Waals surface area contributed by atoms with Gasteiger partial charge in [0, 0.05) is 6.20 Å². The number of nitriles is 1. The van der Waals surface area contributed by atoms with Crippen LogP contribution in [-0.4, -0.2) is 19.7 Å². The van der Waals surface area contributed by atoms with Crippen LogP contribution in [0.3, 0.4) is 0 Å². The molecule has 0 atom stereocenters. The van der Waals surface area contributed by atoms with Crippen LogP contribution in [0.2, 0.25) is 0 Å². The van der Waals surface area contributed by atoms with E-state index in [1.165, 1.54) is 11.0 Å². The molecule has 2 heterocycles. The largest absolute Gasteiger partial charge is 0.396 e. The van der Waals surface area contributed by atoms with Crippen molar-refractivity contribution in [2.24, 2.45) is 0 Å². The highest BCUT2D eigenvalue weighted by Crippen LogP contribution is 2.10. The van der Waals surface area contributed by atoms with E-state index in [0.29, 0.717) is 11.5 Å². The Morgan fingerprint density at radius 3 is 2.93 bits per heavy atom. The zero-order valence-electron chi connectivity index (χ0n) is 7.12. The topological polar surface area (TPSA) is 93.4 Å². The Labute approximate surface area is 79.6 Å². The molecule has 0 fully saturated rings. The molecule has 0 saturated carbocycles. The molecule has 0 aliphatic rings. The number of anilines is 1. The van der Waals surface area contributed by atoms with E-state index in [1.54, 1.807) is 18.3 Å². The Bertz CT molecular complexity index is 495. The van der Waals surface area contributed by atoms with Crippen molar-refractivity contribution in [3.63, 3.8) is 0 Å². The summed E-state index contributed by atoms with van der Waals surface area (Å²) in [6.07, 6.45) is 3.00. The van der Waals surface area contributed by atoms with Crippen LogP contribution in [0.1, 0.15) is 5.82 Å². The summed E-state index contributed by atoms with van der Waals surface area (Å²) in [7, 11) is 0. The van der Waals surface area contributed by atoms with E-state index in [1.807, 2.05) is 6.07 Å². The van der Waals surface area contributed by atoms with Gasteiger partial charge in [0.05, 0.1) is 5.69 Å². The van der Waals surface area contributed by atoms with E-state index in [2.05, 4.69) is 15.1 Å². The molecule has 2 rings (SSSR count). The zero-order valence-corrected chi connectivity index (χ0v) is 7.12. The standard InChI is InChI=1S/C8H6N6/c9-4-7-12-5-14(13-7)8-6(10)2-1-3-11-8/h1-3,5H,10H2. The van der Waals surface area contributed by atoms with Gasteiger partial charge in [-0.3, -0.25) is 0 Å². The molecule has 0 unspecified atom stereocenters. The van der Waals surface area contributed by atoms with E-state index in [9.17, 15) is 0 Å². The van der Waals surface area contributed by atoms with E-state index in [4.69, 9.17) is 11.0 Å². The summed E-state index contributed by atoms with van der Waals surface area (Å²) >= 11 is 0. The van der Waals surface area contributed by atoms with Crippen LogP contribution in [0, 0.1) is 11.3 Å². The lowest BCUT2D eigenvalue weighted by Gasteiger charge is -2.01. The molecule has 0 amide bonds. The first-order chi connectivity index (χ1) is 6.81. The molecule has 0 aliphatic heterocycles. The van der Waals surface area contributed by atoms with Gasteiger partial charge in [0.2, 0.25) is 0 Å². The molecular weight excluding hydrogens is 180 g/mol. The second kappa shape index (κ2) is 3.14. The molecule has 0 aromatic carbocycles. The number of hydrogen-bond acceptors (Lipinski definition) is 5. The van der Waals surface area contributed by atoms with E-state index in [-0.39, 0.29) is 5.82 Å². The summed E-state index contributed by atoms with van der Waals surface area (Å²) in [4.78, 5) is 7.77. The minimum Gasteiger partial charge on any atom is -0.396 e. The van der Waals surface area contributed by atoms with Gasteiger partial charge in [0.15, 0.2) is 5.82 Å². The first-order valence-electron chi connectivity index (χ1n) is 3.84. The molecule has 0 bridgehead atoms. The third kappa shape index (κ3) is 1.27. The lowest BCUT2D eigenvalue weighted by molar-refractivity contribution is 0.843. The number of nitrogens with two attached hydrogens (primary N) is 1. The Balaban J connectivity index is 2.51. The molecule has 0 aliphatic carbocycles. The summed E-state index contributed by atoms with van der Waals surface area (Å²) in [5, 5.41) is 12.4. The first-order valence-corrected chi connectivity index (χ1v) is 3.84. The minimum absolute atomic E-state index is 0.0926. The van der Waals surface area contributed by atoms with Gasteiger partial charge in [-0.2, -0.15) is 9.94 Å². The third-order valence-corrected chi connectivity index (χ3v) is 1.63. The maximum atomic E-state index is 8.53. The van der Waals surface area contributed by atoms with Crippen molar-refractivity contribution in [1.29, 1.82) is 5.26 Å². The molecule has 0 radical (unpaired) electrons. The van der Waals surface area contributed by atoms with Gasteiger partial charge >= 0.3 is 0 Å². The summed E-state index contributed by atoms with van der Waals surface area (Å²) in [6, 6.07) is 5.25. The second-order valence-electron chi connectivity index (χ2n) is 2.54. The van der Waals surface area contributed by atoms with Gasteiger partial charge in [-0.15, -0.1) is 5.10 Å². The number of pyridine rings is 1. The smallest absolute Gasteiger partial charge is 0.252 e. The Hall–Kier alpha value is -2.42. The van der Waals surface area contributed by atoms with E-state index < -0.39 is 0 Å². The third-order valence-electron chi connectivity index (χ3n) is 1.63. The van der Waals surface area contributed by atoms with Crippen molar-refractivity contribution in [1.82, 2.24) is 19.7 Å². The van der Waals surface area contributed by atoms with Crippen LogP contribution in [0.25, 0.3) is 5.82 Å². The van der Waals surface area contributed by atoms with Crippen molar-refractivity contribution >= 4 is 5.69 Å². The zero-order chi connectivity index (χ0) is 9.97. The van der Waals surface area contributed by atoms with Gasteiger partial charge in [-0.05, 0) is 12.1 Å². The van der Waals surface area contributed by atoms with Crippen LogP contribution >= 0.6 is 0 Å². The van der Waals surface area contributed by atoms with Gasteiger partial charge in [-0.1, -0.05) is 0 Å². The molecule has 2 aromatic heterocycles. The van der Waals surface area contributed by atoms with Crippen LogP contribution in [-0.2, 0) is 0 Å². The van der Waals surface area contributed by atoms with E-state index >= 15 is 0 Å². The average Bonchev–Trinajstić information content (AvgIpc) is 2.67. The van der Waals surface area contributed by atoms with Gasteiger partial charge < -0.3 is 5.73 Å². The molecule has 14 heavy (non-hydrogen) atoms. The van der Waals surface area contributed by atoms with E-state index in [0.717, 1.165) is 0 Å². The molecule has 2 N–H and O–H groups in total. The Morgan fingerprint density at radius 2 is 2.29 bits per heavy atom.